The van der Waals surface area contributed by atoms with Crippen molar-refractivity contribution in [1.29, 1.82) is 0 Å². The van der Waals surface area contributed by atoms with Crippen LogP contribution >= 0.6 is 0 Å². The first-order valence-corrected chi connectivity index (χ1v) is 5.95. The molecule has 6 heteroatoms. The Bertz CT molecular complexity index is 553. The highest BCUT2D eigenvalue weighted by atomic mass is 16.3. The average molecular weight is 245 g/mol. The molecule has 1 aliphatic heterocycles. The van der Waals surface area contributed by atoms with E-state index in [1.165, 1.54) is 0 Å². The predicted molar refractivity (Wildman–Crippen MR) is 68.3 cm³/mol. The lowest BCUT2D eigenvalue weighted by Gasteiger charge is -2.11. The minimum Gasteiger partial charge on any atom is -0.508 e. The molecule has 3 rings (SSSR count). The van der Waals surface area contributed by atoms with Crippen LogP contribution in [0.5, 0.6) is 5.75 Å². The van der Waals surface area contributed by atoms with Gasteiger partial charge in [0.1, 0.15) is 5.75 Å². The van der Waals surface area contributed by atoms with Gasteiger partial charge in [-0.25, -0.2) is 0 Å². The first-order chi connectivity index (χ1) is 8.72. The van der Waals surface area contributed by atoms with Crippen molar-refractivity contribution in [2.75, 3.05) is 18.0 Å². The molecule has 1 aromatic carbocycles. The Labute approximate surface area is 104 Å². The number of aromatic hydroxyl groups is 1. The summed E-state index contributed by atoms with van der Waals surface area (Å²) in [6.07, 6.45) is 0.968. The first-order valence-electron chi connectivity index (χ1n) is 5.95. The van der Waals surface area contributed by atoms with Crippen LogP contribution in [0.3, 0.4) is 0 Å². The van der Waals surface area contributed by atoms with E-state index in [9.17, 15) is 5.11 Å². The van der Waals surface area contributed by atoms with Crippen LogP contribution in [0.4, 0.5) is 5.95 Å². The van der Waals surface area contributed by atoms with Gasteiger partial charge in [-0.05, 0) is 18.6 Å². The molecular formula is C12H15N5O. The van der Waals surface area contributed by atoms with E-state index >= 15 is 0 Å². The number of H-pyrrole nitrogens is 1. The molecule has 1 unspecified atom stereocenters. The zero-order chi connectivity index (χ0) is 12.5. The summed E-state index contributed by atoms with van der Waals surface area (Å²) in [6, 6.07) is 7.13. The van der Waals surface area contributed by atoms with Crippen molar-refractivity contribution in [3.05, 3.63) is 24.3 Å². The number of hydrogen-bond donors (Lipinski definition) is 3. The SMILES string of the molecule is NC1CCN(c2n[nH]c(-c3cccc(O)c3)n2)C1. The molecule has 94 valence electrons. The standard InChI is InChI=1S/C12H15N5O/c13-9-4-5-17(7-9)12-14-11(15-16-12)8-2-1-3-10(18)6-8/h1-3,6,9,18H,4-5,7,13H2,(H,14,15,16). The fourth-order valence-electron chi connectivity index (χ4n) is 2.15. The number of aromatic nitrogens is 3. The minimum absolute atomic E-state index is 0.202. The Morgan fingerprint density at radius 2 is 2.33 bits per heavy atom. The number of phenolic OH excluding ortho intramolecular Hbond substituents is 1. The summed E-state index contributed by atoms with van der Waals surface area (Å²) < 4.78 is 0. The van der Waals surface area contributed by atoms with Gasteiger partial charge in [-0.15, -0.1) is 5.10 Å². The van der Waals surface area contributed by atoms with Crippen LogP contribution in [0.2, 0.25) is 0 Å². The number of nitrogens with zero attached hydrogens (tertiary/aromatic N) is 3. The Balaban J connectivity index is 1.85. The number of rotatable bonds is 2. The molecule has 1 fully saturated rings. The summed E-state index contributed by atoms with van der Waals surface area (Å²) in [4.78, 5) is 6.49. The normalized spacial score (nSPS) is 19.4. The smallest absolute Gasteiger partial charge is 0.245 e. The molecule has 4 N–H and O–H groups in total. The second-order valence-electron chi connectivity index (χ2n) is 4.53. The van der Waals surface area contributed by atoms with Crippen molar-refractivity contribution >= 4 is 5.95 Å². The van der Waals surface area contributed by atoms with Crippen LogP contribution in [0.1, 0.15) is 6.42 Å². The molecular weight excluding hydrogens is 230 g/mol. The van der Waals surface area contributed by atoms with Crippen molar-refractivity contribution in [2.45, 2.75) is 12.5 Å². The lowest BCUT2D eigenvalue weighted by atomic mass is 10.2. The van der Waals surface area contributed by atoms with Crippen molar-refractivity contribution in [2.24, 2.45) is 5.73 Å². The van der Waals surface area contributed by atoms with E-state index in [-0.39, 0.29) is 11.8 Å². The van der Waals surface area contributed by atoms with Gasteiger partial charge in [0, 0.05) is 24.7 Å². The molecule has 0 amide bonds. The monoisotopic (exact) mass is 245 g/mol. The molecule has 2 aromatic rings. The quantitative estimate of drug-likeness (QED) is 0.725. The molecule has 2 heterocycles. The van der Waals surface area contributed by atoms with Gasteiger partial charge in [0.2, 0.25) is 5.95 Å². The second kappa shape index (κ2) is 4.30. The first kappa shape index (κ1) is 11.0. The van der Waals surface area contributed by atoms with Gasteiger partial charge in [0.05, 0.1) is 0 Å². The molecule has 1 aromatic heterocycles. The molecule has 0 saturated carbocycles. The molecule has 1 saturated heterocycles. The van der Waals surface area contributed by atoms with Crippen LogP contribution < -0.4 is 10.6 Å². The Morgan fingerprint density at radius 3 is 3.06 bits per heavy atom. The van der Waals surface area contributed by atoms with E-state index in [0.29, 0.717) is 11.8 Å². The van der Waals surface area contributed by atoms with Crippen LogP contribution in [0.25, 0.3) is 11.4 Å². The molecule has 1 aliphatic rings. The van der Waals surface area contributed by atoms with Crippen molar-refractivity contribution in [3.63, 3.8) is 0 Å². The lowest BCUT2D eigenvalue weighted by Crippen LogP contribution is -2.26. The van der Waals surface area contributed by atoms with Crippen LogP contribution in [0.15, 0.2) is 24.3 Å². The van der Waals surface area contributed by atoms with Crippen LogP contribution in [0, 0.1) is 0 Å². The molecule has 6 nitrogen and oxygen atoms in total. The van der Waals surface area contributed by atoms with E-state index < -0.39 is 0 Å². The van der Waals surface area contributed by atoms with Crippen LogP contribution in [-0.4, -0.2) is 39.4 Å². The van der Waals surface area contributed by atoms with Crippen molar-refractivity contribution in [3.8, 4) is 17.1 Å². The van der Waals surface area contributed by atoms with E-state index in [2.05, 4.69) is 20.1 Å². The number of anilines is 1. The largest absolute Gasteiger partial charge is 0.508 e. The topological polar surface area (TPSA) is 91.1 Å². The third-order valence-corrected chi connectivity index (χ3v) is 3.10. The second-order valence-corrected chi connectivity index (χ2v) is 4.53. The number of benzene rings is 1. The third-order valence-electron chi connectivity index (χ3n) is 3.10. The van der Waals surface area contributed by atoms with Gasteiger partial charge < -0.3 is 15.7 Å². The maximum Gasteiger partial charge on any atom is 0.245 e. The van der Waals surface area contributed by atoms with Crippen molar-refractivity contribution in [1.82, 2.24) is 15.2 Å². The van der Waals surface area contributed by atoms with E-state index in [1.807, 2.05) is 6.07 Å². The Hall–Kier alpha value is -2.08. The predicted octanol–water partition coefficient (Wildman–Crippen LogP) is 0.715. The maximum absolute atomic E-state index is 9.44. The molecule has 0 radical (unpaired) electrons. The average Bonchev–Trinajstić information content (AvgIpc) is 2.97. The van der Waals surface area contributed by atoms with Crippen LogP contribution in [-0.2, 0) is 0 Å². The Kier molecular flexibility index (Phi) is 2.64. The number of nitrogens with one attached hydrogen (secondary N) is 1. The summed E-state index contributed by atoms with van der Waals surface area (Å²) in [7, 11) is 0. The van der Waals surface area contributed by atoms with E-state index in [4.69, 9.17) is 5.73 Å². The molecule has 18 heavy (non-hydrogen) atoms. The van der Waals surface area contributed by atoms with E-state index in [1.54, 1.807) is 18.2 Å². The zero-order valence-corrected chi connectivity index (χ0v) is 9.87. The number of hydrogen-bond acceptors (Lipinski definition) is 5. The summed E-state index contributed by atoms with van der Waals surface area (Å²) in [6.45, 7) is 1.68. The summed E-state index contributed by atoms with van der Waals surface area (Å²) in [5, 5.41) is 16.5. The Morgan fingerprint density at radius 1 is 1.44 bits per heavy atom. The van der Waals surface area contributed by atoms with E-state index in [0.717, 1.165) is 25.1 Å². The van der Waals surface area contributed by atoms with Gasteiger partial charge >= 0.3 is 0 Å². The van der Waals surface area contributed by atoms with Gasteiger partial charge in [0.15, 0.2) is 5.82 Å². The third kappa shape index (κ3) is 2.02. The maximum atomic E-state index is 9.44. The fourth-order valence-corrected chi connectivity index (χ4v) is 2.15. The van der Waals surface area contributed by atoms with Gasteiger partial charge in [0.25, 0.3) is 0 Å². The fraction of sp³-hybridized carbons (Fsp3) is 0.333. The molecule has 0 bridgehead atoms. The summed E-state index contributed by atoms with van der Waals surface area (Å²) in [5.41, 5.74) is 6.68. The molecule has 1 atom stereocenters. The lowest BCUT2D eigenvalue weighted by molar-refractivity contribution is 0.475. The van der Waals surface area contributed by atoms with Gasteiger partial charge in [-0.3, -0.25) is 5.10 Å². The number of aromatic amines is 1. The van der Waals surface area contributed by atoms with Crippen molar-refractivity contribution < 1.29 is 5.11 Å². The summed E-state index contributed by atoms with van der Waals surface area (Å²) >= 11 is 0. The highest BCUT2D eigenvalue weighted by molar-refractivity contribution is 5.58. The molecule has 0 aliphatic carbocycles. The molecule has 0 spiro atoms. The highest BCUT2D eigenvalue weighted by Crippen LogP contribution is 2.22. The number of phenols is 1. The summed E-state index contributed by atoms with van der Waals surface area (Å²) in [5.74, 6) is 1.54. The van der Waals surface area contributed by atoms with Gasteiger partial charge in [-0.1, -0.05) is 12.1 Å². The highest BCUT2D eigenvalue weighted by Gasteiger charge is 2.22. The van der Waals surface area contributed by atoms with Gasteiger partial charge in [-0.2, -0.15) is 4.98 Å². The minimum atomic E-state index is 0.202. The zero-order valence-electron chi connectivity index (χ0n) is 9.87. The number of nitrogens with two attached hydrogens (primary N) is 1.